The first-order valence-corrected chi connectivity index (χ1v) is 9.12. The number of amides is 3. The van der Waals surface area contributed by atoms with Crippen molar-refractivity contribution < 1.29 is 19.1 Å². The number of ether oxygens (including phenoxy) is 1. The highest BCUT2D eigenvalue weighted by Gasteiger charge is 2.37. The number of nitrogens with one attached hydrogen (secondary N) is 1. The van der Waals surface area contributed by atoms with Gasteiger partial charge in [-0.3, -0.25) is 14.4 Å². The number of fused-ring (bicyclic) bond motifs is 1. The van der Waals surface area contributed by atoms with Gasteiger partial charge in [0.05, 0.1) is 23.4 Å². The first-order valence-electron chi connectivity index (χ1n) is 9.12. The molecule has 2 aromatic carbocycles. The van der Waals surface area contributed by atoms with Gasteiger partial charge in [0.15, 0.2) is 0 Å². The Morgan fingerprint density at radius 3 is 2.44 bits per heavy atom. The molecule has 138 valence electrons. The molecule has 4 rings (SSSR count). The highest BCUT2D eigenvalue weighted by atomic mass is 16.5. The molecule has 0 spiro atoms. The summed E-state index contributed by atoms with van der Waals surface area (Å²) in [5.74, 6) is 0.221. The molecular weight excluding hydrogens is 344 g/mol. The van der Waals surface area contributed by atoms with Crippen molar-refractivity contribution in [2.45, 2.75) is 19.8 Å². The summed E-state index contributed by atoms with van der Waals surface area (Å²) < 4.78 is 5.39. The molecule has 2 aromatic rings. The van der Waals surface area contributed by atoms with Gasteiger partial charge in [0.25, 0.3) is 17.7 Å². The summed E-state index contributed by atoms with van der Waals surface area (Å²) in [6, 6.07) is 11.4. The molecule has 6 nitrogen and oxygen atoms in total. The highest BCUT2D eigenvalue weighted by molar-refractivity contribution is 6.34. The molecule has 27 heavy (non-hydrogen) atoms. The molecule has 1 aliphatic heterocycles. The van der Waals surface area contributed by atoms with Crippen LogP contribution >= 0.6 is 0 Å². The second-order valence-electron chi connectivity index (χ2n) is 6.79. The van der Waals surface area contributed by atoms with Crippen LogP contribution in [0.4, 0.5) is 5.69 Å². The van der Waals surface area contributed by atoms with Gasteiger partial charge >= 0.3 is 0 Å². The first-order chi connectivity index (χ1) is 13.1. The second kappa shape index (κ2) is 6.87. The Morgan fingerprint density at radius 2 is 1.78 bits per heavy atom. The summed E-state index contributed by atoms with van der Waals surface area (Å²) in [5, 5.41) is 2.88. The minimum absolute atomic E-state index is 0.218. The van der Waals surface area contributed by atoms with Crippen molar-refractivity contribution in [2.75, 3.05) is 18.1 Å². The summed E-state index contributed by atoms with van der Waals surface area (Å²) in [5.41, 5.74) is 1.44. The second-order valence-corrected chi connectivity index (χ2v) is 6.79. The quantitative estimate of drug-likeness (QED) is 0.800. The van der Waals surface area contributed by atoms with E-state index in [-0.39, 0.29) is 17.4 Å². The molecule has 0 radical (unpaired) electrons. The van der Waals surface area contributed by atoms with Crippen LogP contribution in [0.25, 0.3) is 0 Å². The van der Waals surface area contributed by atoms with Crippen LogP contribution in [-0.2, 0) is 0 Å². The lowest BCUT2D eigenvalue weighted by Gasteiger charge is -2.14. The van der Waals surface area contributed by atoms with E-state index in [2.05, 4.69) is 5.32 Å². The average molecular weight is 364 g/mol. The summed E-state index contributed by atoms with van der Waals surface area (Å²) in [7, 11) is 0. The maximum Gasteiger partial charge on any atom is 0.266 e. The van der Waals surface area contributed by atoms with Crippen LogP contribution in [0.2, 0.25) is 0 Å². The van der Waals surface area contributed by atoms with Gasteiger partial charge in [0.2, 0.25) is 0 Å². The van der Waals surface area contributed by atoms with Crippen LogP contribution in [0, 0.1) is 5.92 Å². The fourth-order valence-electron chi connectivity index (χ4n) is 3.14. The smallest absolute Gasteiger partial charge is 0.266 e. The van der Waals surface area contributed by atoms with Crippen molar-refractivity contribution in [1.82, 2.24) is 5.32 Å². The summed E-state index contributed by atoms with van der Waals surface area (Å²) in [6.45, 7) is 3.08. The molecule has 0 unspecified atom stereocenters. The molecule has 1 aliphatic carbocycles. The molecule has 0 saturated heterocycles. The van der Waals surface area contributed by atoms with E-state index in [1.807, 2.05) is 6.92 Å². The molecule has 0 bridgehead atoms. The normalized spacial score (nSPS) is 15.7. The Hall–Kier alpha value is -3.15. The van der Waals surface area contributed by atoms with E-state index in [0.29, 0.717) is 41.6 Å². The van der Waals surface area contributed by atoms with Crippen molar-refractivity contribution in [3.8, 4) is 5.75 Å². The number of carbonyl (C=O) groups is 3. The van der Waals surface area contributed by atoms with E-state index < -0.39 is 5.91 Å². The predicted octanol–water partition coefficient (Wildman–Crippen LogP) is 3.03. The monoisotopic (exact) mass is 364 g/mol. The summed E-state index contributed by atoms with van der Waals surface area (Å²) >= 11 is 0. The molecule has 1 fully saturated rings. The molecule has 1 saturated carbocycles. The zero-order valence-electron chi connectivity index (χ0n) is 15.0. The number of anilines is 1. The molecule has 3 amide bonds. The van der Waals surface area contributed by atoms with Crippen molar-refractivity contribution >= 4 is 23.4 Å². The van der Waals surface area contributed by atoms with Crippen molar-refractivity contribution in [3.63, 3.8) is 0 Å². The van der Waals surface area contributed by atoms with Crippen LogP contribution in [0.3, 0.4) is 0 Å². The largest absolute Gasteiger partial charge is 0.494 e. The van der Waals surface area contributed by atoms with Gasteiger partial charge in [-0.05, 0) is 68.1 Å². The number of rotatable bonds is 6. The van der Waals surface area contributed by atoms with E-state index in [1.54, 1.807) is 36.4 Å². The van der Waals surface area contributed by atoms with E-state index in [0.717, 1.165) is 17.7 Å². The summed E-state index contributed by atoms with van der Waals surface area (Å²) in [4.78, 5) is 38.9. The van der Waals surface area contributed by atoms with Gasteiger partial charge in [-0.1, -0.05) is 0 Å². The zero-order chi connectivity index (χ0) is 19.0. The Labute approximate surface area is 157 Å². The molecule has 6 heteroatoms. The molecule has 1 N–H and O–H groups in total. The Bertz CT molecular complexity index is 916. The lowest BCUT2D eigenvalue weighted by Crippen LogP contribution is -2.29. The third-order valence-electron chi connectivity index (χ3n) is 4.80. The van der Waals surface area contributed by atoms with Crippen LogP contribution < -0.4 is 15.0 Å². The topological polar surface area (TPSA) is 75.7 Å². The van der Waals surface area contributed by atoms with Gasteiger partial charge in [0.1, 0.15) is 5.75 Å². The Morgan fingerprint density at radius 1 is 1.07 bits per heavy atom. The standard InChI is InChI=1S/C21H20N2O4/c1-2-27-16-8-6-15(7-9-16)23-20(25)17-10-5-14(11-18(17)21(23)26)19(24)22-12-13-3-4-13/h5-11,13H,2-4,12H2,1H3,(H,22,24). The number of benzene rings is 2. The minimum atomic E-state index is -0.420. The SMILES string of the molecule is CCOc1ccc(N2C(=O)c3ccc(C(=O)NCC4CC4)cc3C2=O)cc1. The van der Waals surface area contributed by atoms with Gasteiger partial charge < -0.3 is 10.1 Å². The maximum absolute atomic E-state index is 12.8. The molecule has 2 aliphatic rings. The first kappa shape index (κ1) is 17.3. The fourth-order valence-corrected chi connectivity index (χ4v) is 3.14. The highest BCUT2D eigenvalue weighted by Crippen LogP contribution is 2.30. The molecular formula is C21H20N2O4. The van der Waals surface area contributed by atoms with Crippen LogP contribution in [0.15, 0.2) is 42.5 Å². The number of nitrogens with zero attached hydrogens (tertiary/aromatic N) is 1. The maximum atomic E-state index is 12.8. The van der Waals surface area contributed by atoms with E-state index in [9.17, 15) is 14.4 Å². The summed E-state index contributed by atoms with van der Waals surface area (Å²) in [6.07, 6.45) is 2.29. The van der Waals surface area contributed by atoms with Crippen molar-refractivity contribution in [2.24, 2.45) is 5.92 Å². The third-order valence-corrected chi connectivity index (χ3v) is 4.80. The molecule has 0 aromatic heterocycles. The Kier molecular flexibility index (Phi) is 4.39. The van der Waals surface area contributed by atoms with Gasteiger partial charge in [0, 0.05) is 12.1 Å². The number of hydrogen-bond donors (Lipinski definition) is 1. The minimum Gasteiger partial charge on any atom is -0.494 e. The lowest BCUT2D eigenvalue weighted by atomic mass is 10.1. The third kappa shape index (κ3) is 3.30. The lowest BCUT2D eigenvalue weighted by molar-refractivity contribution is 0.0923. The molecule has 0 atom stereocenters. The van der Waals surface area contributed by atoms with Crippen molar-refractivity contribution in [1.29, 1.82) is 0 Å². The van der Waals surface area contributed by atoms with E-state index >= 15 is 0 Å². The Balaban J connectivity index is 1.57. The number of imide groups is 1. The van der Waals surface area contributed by atoms with Gasteiger partial charge in [-0.15, -0.1) is 0 Å². The van der Waals surface area contributed by atoms with Gasteiger partial charge in [-0.25, -0.2) is 4.90 Å². The average Bonchev–Trinajstić information content (AvgIpc) is 3.48. The van der Waals surface area contributed by atoms with E-state index in [1.165, 1.54) is 6.07 Å². The number of carbonyl (C=O) groups excluding carboxylic acids is 3. The van der Waals surface area contributed by atoms with E-state index in [4.69, 9.17) is 4.74 Å². The van der Waals surface area contributed by atoms with Crippen LogP contribution in [0.5, 0.6) is 5.75 Å². The zero-order valence-corrected chi connectivity index (χ0v) is 15.0. The van der Waals surface area contributed by atoms with Crippen LogP contribution in [0.1, 0.15) is 50.8 Å². The van der Waals surface area contributed by atoms with Crippen molar-refractivity contribution in [3.05, 3.63) is 59.2 Å². The fraction of sp³-hybridized carbons (Fsp3) is 0.286. The van der Waals surface area contributed by atoms with Gasteiger partial charge in [-0.2, -0.15) is 0 Å². The predicted molar refractivity (Wildman–Crippen MR) is 100 cm³/mol. The number of hydrogen-bond acceptors (Lipinski definition) is 4. The molecule has 1 heterocycles. The van der Waals surface area contributed by atoms with Crippen LogP contribution in [-0.4, -0.2) is 30.9 Å².